The first-order valence-electron chi connectivity index (χ1n) is 6.02. The van der Waals surface area contributed by atoms with Gasteiger partial charge in [-0.2, -0.15) is 0 Å². The van der Waals surface area contributed by atoms with Crippen molar-refractivity contribution >= 4 is 6.29 Å². The van der Waals surface area contributed by atoms with Crippen LogP contribution >= 0.6 is 0 Å². The van der Waals surface area contributed by atoms with E-state index in [9.17, 15) is 4.79 Å². The van der Waals surface area contributed by atoms with E-state index in [4.69, 9.17) is 0 Å². The maximum absolute atomic E-state index is 11.3. The van der Waals surface area contributed by atoms with Gasteiger partial charge in [-0.25, -0.2) is 0 Å². The molecule has 0 aliphatic carbocycles. The Labute approximate surface area is 105 Å². The van der Waals surface area contributed by atoms with Crippen molar-refractivity contribution in [3.8, 4) is 0 Å². The van der Waals surface area contributed by atoms with Crippen LogP contribution in [0.4, 0.5) is 0 Å². The molecule has 0 amide bonds. The lowest BCUT2D eigenvalue weighted by atomic mass is 9.87. The summed E-state index contributed by atoms with van der Waals surface area (Å²) < 4.78 is 0. The number of rotatable bonds is 6. The molecule has 17 heavy (non-hydrogen) atoms. The Bertz CT molecular complexity index is 332. The van der Waals surface area contributed by atoms with E-state index in [0.29, 0.717) is 0 Å². The fourth-order valence-corrected chi connectivity index (χ4v) is 2.28. The monoisotopic (exact) mass is 232 g/mol. The number of carbonyl (C=O) groups excluding carboxylic acids is 1. The highest BCUT2D eigenvalue weighted by molar-refractivity contribution is 5.56. The van der Waals surface area contributed by atoms with Crippen molar-refractivity contribution in [3.63, 3.8) is 0 Å². The zero-order chi connectivity index (χ0) is 12.8. The molecule has 0 bridgehead atoms. The average Bonchev–Trinajstić information content (AvgIpc) is 2.28. The number of hydrogen-bond donors (Lipinski definition) is 0. The minimum atomic E-state index is 0.0254. The highest BCUT2D eigenvalue weighted by Crippen LogP contribution is 2.30. The summed E-state index contributed by atoms with van der Waals surface area (Å²) in [7, 11) is 4.05. The van der Waals surface area contributed by atoms with Crippen LogP contribution in [0, 0.1) is 11.8 Å². The maximum Gasteiger partial charge on any atom is 0.125 e. The molecule has 2 unspecified atom stereocenters. The van der Waals surface area contributed by atoms with Gasteiger partial charge >= 0.3 is 0 Å². The first-order valence-corrected chi connectivity index (χ1v) is 6.02. The molecule has 0 fully saturated rings. The van der Waals surface area contributed by atoms with E-state index in [1.165, 1.54) is 11.5 Å². The Morgan fingerprint density at radius 3 is 2.24 bits per heavy atom. The second kappa shape index (κ2) is 6.55. The summed E-state index contributed by atoms with van der Waals surface area (Å²) in [5.74, 6) is 1.32. The first kappa shape index (κ1) is 13.9. The molecule has 0 heterocycles. The van der Waals surface area contributed by atoms with Crippen LogP contribution in [0.5, 0.6) is 0 Å². The van der Waals surface area contributed by atoms with Gasteiger partial charge in [0.2, 0.25) is 0 Å². The van der Waals surface area contributed by atoms with Gasteiger partial charge in [-0.3, -0.25) is 0 Å². The van der Waals surface area contributed by atoms with Gasteiger partial charge in [0, 0.05) is 12.0 Å². The van der Waals surface area contributed by atoms with E-state index >= 15 is 0 Å². The van der Waals surface area contributed by atoms with Crippen LogP contribution in [0.2, 0.25) is 0 Å². The third-order valence-electron chi connectivity index (χ3n) is 2.92. The Hall–Kier alpha value is -1.15. The van der Waals surface area contributed by atoms with E-state index < -0.39 is 0 Å². The molecule has 1 aromatic rings. The largest absolute Gasteiger partial charge is 0.303 e. The topological polar surface area (TPSA) is 20.3 Å². The van der Waals surface area contributed by atoms with Crippen molar-refractivity contribution in [2.45, 2.75) is 26.3 Å². The van der Waals surface area contributed by atoms with Crippen LogP contribution < -0.4 is 0 Å². The minimum absolute atomic E-state index is 0.0254. The summed E-state index contributed by atoms with van der Waals surface area (Å²) in [5.41, 5.74) is 1.20. The number of nitrogens with zero attached hydrogens (tertiary/aromatic N) is 1. The molecule has 0 N–H and O–H groups in total. The zero-order valence-corrected chi connectivity index (χ0v) is 11.2. The van der Waals surface area contributed by atoms with Gasteiger partial charge in [0.15, 0.2) is 0 Å². The predicted molar refractivity (Wildman–Crippen MR) is 71.6 cm³/mol. The minimum Gasteiger partial charge on any atom is -0.303 e. The SMILES string of the molecule is C[C](C)CC(C=O)C(c1ccccc1)N(C)C. The summed E-state index contributed by atoms with van der Waals surface area (Å²) in [6.07, 6.45) is 1.94. The van der Waals surface area contributed by atoms with Gasteiger partial charge in [-0.15, -0.1) is 0 Å². The number of hydrogen-bond acceptors (Lipinski definition) is 2. The summed E-state index contributed by atoms with van der Waals surface area (Å²) >= 11 is 0. The smallest absolute Gasteiger partial charge is 0.125 e. The molecule has 0 saturated carbocycles. The molecule has 93 valence electrons. The zero-order valence-electron chi connectivity index (χ0n) is 11.2. The third kappa shape index (κ3) is 3.97. The third-order valence-corrected chi connectivity index (χ3v) is 2.92. The van der Waals surface area contributed by atoms with E-state index in [-0.39, 0.29) is 12.0 Å². The molecule has 2 nitrogen and oxygen atoms in total. The fourth-order valence-electron chi connectivity index (χ4n) is 2.28. The van der Waals surface area contributed by atoms with Crippen molar-refractivity contribution < 1.29 is 4.79 Å². The van der Waals surface area contributed by atoms with Crippen LogP contribution in [-0.4, -0.2) is 25.3 Å². The lowest BCUT2D eigenvalue weighted by molar-refractivity contribution is -0.113. The van der Waals surface area contributed by atoms with E-state index in [1.807, 2.05) is 32.3 Å². The molecule has 1 aromatic carbocycles. The Balaban J connectivity index is 2.95. The van der Waals surface area contributed by atoms with E-state index in [1.54, 1.807) is 0 Å². The molecule has 0 spiro atoms. The van der Waals surface area contributed by atoms with Crippen LogP contribution in [0.15, 0.2) is 30.3 Å². The number of aldehydes is 1. The molecule has 0 aromatic heterocycles. The Morgan fingerprint density at radius 1 is 1.24 bits per heavy atom. The van der Waals surface area contributed by atoms with Crippen LogP contribution in [0.1, 0.15) is 31.9 Å². The normalized spacial score (nSPS) is 14.9. The van der Waals surface area contributed by atoms with E-state index in [0.717, 1.165) is 12.7 Å². The molecule has 0 saturated heterocycles. The van der Waals surface area contributed by atoms with Crippen molar-refractivity contribution in [2.75, 3.05) is 14.1 Å². The van der Waals surface area contributed by atoms with Gasteiger partial charge < -0.3 is 9.69 Å². The maximum atomic E-state index is 11.3. The van der Waals surface area contributed by atoms with Crippen molar-refractivity contribution in [1.82, 2.24) is 4.90 Å². The summed E-state index contributed by atoms with van der Waals surface area (Å²) in [5, 5.41) is 0. The first-order chi connectivity index (χ1) is 8.06. The second-order valence-electron chi connectivity index (χ2n) is 5.03. The molecular formula is C15H22NO. The quantitative estimate of drug-likeness (QED) is 0.702. The molecule has 2 heteroatoms. The standard InChI is InChI=1S/C15H22NO/c1-12(2)10-14(11-17)15(16(3)4)13-8-6-5-7-9-13/h5-9,11,14-15H,10H2,1-4H3. The van der Waals surface area contributed by atoms with Crippen LogP contribution in [0.3, 0.4) is 0 Å². The van der Waals surface area contributed by atoms with Crippen LogP contribution in [-0.2, 0) is 4.79 Å². The van der Waals surface area contributed by atoms with Crippen molar-refractivity contribution in [3.05, 3.63) is 41.8 Å². The molecule has 0 aliphatic rings. The summed E-state index contributed by atoms with van der Waals surface area (Å²) in [6, 6.07) is 10.4. The van der Waals surface area contributed by atoms with Gasteiger partial charge in [-0.05, 0) is 32.0 Å². The summed E-state index contributed by atoms with van der Waals surface area (Å²) in [4.78, 5) is 13.4. The highest BCUT2D eigenvalue weighted by Gasteiger charge is 2.25. The average molecular weight is 232 g/mol. The van der Waals surface area contributed by atoms with Crippen LogP contribution in [0.25, 0.3) is 0 Å². The second-order valence-corrected chi connectivity index (χ2v) is 5.03. The van der Waals surface area contributed by atoms with E-state index in [2.05, 4.69) is 30.9 Å². The lowest BCUT2D eigenvalue weighted by Crippen LogP contribution is -2.29. The Morgan fingerprint density at radius 2 is 1.82 bits per heavy atom. The molecule has 0 aliphatic heterocycles. The van der Waals surface area contributed by atoms with Crippen molar-refractivity contribution in [1.29, 1.82) is 0 Å². The number of benzene rings is 1. The molecule has 1 rings (SSSR count). The Kier molecular flexibility index (Phi) is 5.36. The van der Waals surface area contributed by atoms with Gasteiger partial charge in [0.1, 0.15) is 6.29 Å². The lowest BCUT2D eigenvalue weighted by Gasteiger charge is -2.30. The van der Waals surface area contributed by atoms with Crippen molar-refractivity contribution in [2.24, 2.45) is 5.92 Å². The predicted octanol–water partition coefficient (Wildman–Crippen LogP) is 3.11. The fraction of sp³-hybridized carbons (Fsp3) is 0.467. The highest BCUT2D eigenvalue weighted by atomic mass is 16.1. The number of carbonyl (C=O) groups is 1. The summed E-state index contributed by atoms with van der Waals surface area (Å²) in [6.45, 7) is 4.16. The van der Waals surface area contributed by atoms with Gasteiger partial charge in [0.25, 0.3) is 0 Å². The van der Waals surface area contributed by atoms with Gasteiger partial charge in [0.05, 0.1) is 0 Å². The molecule has 1 radical (unpaired) electrons. The van der Waals surface area contributed by atoms with Gasteiger partial charge in [-0.1, -0.05) is 44.2 Å². The molecule has 2 atom stereocenters. The molecular weight excluding hydrogens is 210 g/mol.